The molecule has 3 aromatic carbocycles. The fraction of sp³-hybridized carbons (Fsp3) is 0.267. The second-order valence-corrected chi connectivity index (χ2v) is 8.37. The first kappa shape index (κ1) is 25.8. The number of esters is 1. The number of allylic oxidation sites excluding steroid dienone is 1. The van der Waals surface area contributed by atoms with E-state index in [1.54, 1.807) is 12.1 Å². The van der Waals surface area contributed by atoms with Crippen LogP contribution in [0.25, 0.3) is 11.1 Å². The molecular formula is C30H32O5. The summed E-state index contributed by atoms with van der Waals surface area (Å²) in [5.41, 5.74) is 2.56. The van der Waals surface area contributed by atoms with Gasteiger partial charge in [-0.2, -0.15) is 0 Å². The van der Waals surface area contributed by atoms with E-state index in [0.717, 1.165) is 36.3 Å². The number of hydrogen-bond acceptors (Lipinski definition) is 4. The van der Waals surface area contributed by atoms with Gasteiger partial charge in [0.05, 0.1) is 17.7 Å². The molecule has 0 aliphatic carbocycles. The van der Waals surface area contributed by atoms with Crippen LogP contribution >= 0.6 is 0 Å². The Labute approximate surface area is 207 Å². The predicted molar refractivity (Wildman–Crippen MR) is 138 cm³/mol. The van der Waals surface area contributed by atoms with Gasteiger partial charge in [0.1, 0.15) is 11.5 Å². The lowest BCUT2D eigenvalue weighted by molar-refractivity contribution is 0.0696. The number of unbranched alkanes of at least 4 members (excludes halogenated alkanes) is 6. The van der Waals surface area contributed by atoms with E-state index in [9.17, 15) is 9.59 Å². The van der Waals surface area contributed by atoms with Crippen LogP contribution in [0.5, 0.6) is 11.5 Å². The molecule has 5 nitrogen and oxygen atoms in total. The molecule has 0 aliphatic heterocycles. The van der Waals surface area contributed by atoms with Crippen LogP contribution in [0.2, 0.25) is 0 Å². The molecule has 5 heteroatoms. The molecule has 0 aliphatic rings. The Morgan fingerprint density at radius 3 is 1.80 bits per heavy atom. The van der Waals surface area contributed by atoms with Gasteiger partial charge in [-0.3, -0.25) is 0 Å². The first-order valence-corrected chi connectivity index (χ1v) is 12.1. The van der Waals surface area contributed by atoms with Crippen molar-refractivity contribution in [3.05, 3.63) is 96.6 Å². The average molecular weight is 473 g/mol. The third kappa shape index (κ3) is 8.45. The van der Waals surface area contributed by atoms with E-state index in [0.29, 0.717) is 11.3 Å². The molecule has 0 aromatic heterocycles. The molecular weight excluding hydrogens is 440 g/mol. The first-order chi connectivity index (χ1) is 17.1. The van der Waals surface area contributed by atoms with Crippen LogP contribution < -0.4 is 9.47 Å². The van der Waals surface area contributed by atoms with Crippen LogP contribution in [0.15, 0.2) is 85.5 Å². The van der Waals surface area contributed by atoms with Crippen molar-refractivity contribution in [1.29, 1.82) is 0 Å². The number of carbonyl (C=O) groups is 2. The first-order valence-electron chi connectivity index (χ1n) is 12.1. The predicted octanol–water partition coefficient (Wildman–Crippen LogP) is 7.57. The van der Waals surface area contributed by atoms with Crippen LogP contribution in [0.3, 0.4) is 0 Å². The molecule has 0 fully saturated rings. The molecule has 0 spiro atoms. The van der Waals surface area contributed by atoms with Gasteiger partial charge in [0, 0.05) is 0 Å². The summed E-state index contributed by atoms with van der Waals surface area (Å²) in [6.07, 6.45) is 10.4. The Hall–Kier alpha value is -3.86. The Morgan fingerprint density at radius 2 is 1.20 bits per heavy atom. The van der Waals surface area contributed by atoms with Crippen LogP contribution in [-0.2, 0) is 0 Å². The molecule has 0 unspecified atom stereocenters. The maximum absolute atomic E-state index is 12.4. The number of rotatable bonds is 14. The molecule has 0 saturated carbocycles. The second-order valence-electron chi connectivity index (χ2n) is 8.37. The highest BCUT2D eigenvalue weighted by atomic mass is 16.5. The lowest BCUT2D eigenvalue weighted by Crippen LogP contribution is -2.08. The number of carbonyl (C=O) groups excluding carboxylic acids is 1. The number of carboxylic acids is 1. The van der Waals surface area contributed by atoms with Crippen molar-refractivity contribution in [3.8, 4) is 22.6 Å². The third-order valence-corrected chi connectivity index (χ3v) is 5.69. The molecule has 1 N–H and O–H groups in total. The summed E-state index contributed by atoms with van der Waals surface area (Å²) in [6.45, 7) is 4.48. The van der Waals surface area contributed by atoms with Crippen LogP contribution in [0.4, 0.5) is 0 Å². The summed E-state index contributed by atoms with van der Waals surface area (Å²) in [4.78, 5) is 23.3. The lowest BCUT2D eigenvalue weighted by Gasteiger charge is -2.08. The van der Waals surface area contributed by atoms with E-state index >= 15 is 0 Å². The fourth-order valence-electron chi connectivity index (χ4n) is 3.66. The van der Waals surface area contributed by atoms with Crippen molar-refractivity contribution in [3.63, 3.8) is 0 Å². The van der Waals surface area contributed by atoms with Gasteiger partial charge in [-0.1, -0.05) is 56.0 Å². The van der Waals surface area contributed by atoms with Crippen LogP contribution in [-0.4, -0.2) is 23.7 Å². The smallest absolute Gasteiger partial charge is 0.343 e. The highest BCUT2D eigenvalue weighted by molar-refractivity contribution is 5.92. The molecule has 0 bridgehead atoms. The standard InChI is InChI=1S/C30H32O5/c1-2-3-4-5-6-7-8-9-22-34-27-18-14-24(15-19-27)23-10-12-26(13-11-23)30(33)35-28-20-16-25(17-21-28)29(31)32/h2,10-21H,1,3-9,22H2,(H,31,32). The summed E-state index contributed by atoms with van der Waals surface area (Å²) < 4.78 is 11.2. The zero-order valence-corrected chi connectivity index (χ0v) is 19.9. The molecule has 0 atom stereocenters. The molecule has 3 aromatic rings. The summed E-state index contributed by atoms with van der Waals surface area (Å²) in [5.74, 6) is -0.378. The van der Waals surface area contributed by atoms with E-state index in [4.69, 9.17) is 14.6 Å². The fourth-order valence-corrected chi connectivity index (χ4v) is 3.66. The van der Waals surface area contributed by atoms with E-state index in [1.807, 2.05) is 42.5 Å². The summed E-state index contributed by atoms with van der Waals surface area (Å²) >= 11 is 0. The normalized spacial score (nSPS) is 10.5. The number of ether oxygens (including phenoxy) is 2. The van der Waals surface area contributed by atoms with Crippen LogP contribution in [0.1, 0.15) is 65.7 Å². The molecule has 0 amide bonds. The maximum Gasteiger partial charge on any atom is 0.343 e. The Balaban J connectivity index is 1.43. The van der Waals surface area contributed by atoms with E-state index in [1.165, 1.54) is 56.4 Å². The minimum Gasteiger partial charge on any atom is -0.494 e. The summed E-state index contributed by atoms with van der Waals surface area (Å²) in [7, 11) is 0. The topological polar surface area (TPSA) is 72.8 Å². The van der Waals surface area contributed by atoms with Gasteiger partial charge in [0.25, 0.3) is 0 Å². The minimum absolute atomic E-state index is 0.135. The summed E-state index contributed by atoms with van der Waals surface area (Å²) in [6, 6.07) is 20.8. The average Bonchev–Trinajstić information content (AvgIpc) is 2.88. The SMILES string of the molecule is C=CCCCCCCCCOc1ccc(-c2ccc(C(=O)Oc3ccc(C(=O)O)cc3)cc2)cc1. The monoisotopic (exact) mass is 472 g/mol. The van der Waals surface area contributed by atoms with Gasteiger partial charge in [0.15, 0.2) is 0 Å². The Kier molecular flexibility index (Phi) is 10.1. The van der Waals surface area contributed by atoms with Crippen molar-refractivity contribution in [2.75, 3.05) is 6.61 Å². The van der Waals surface area contributed by atoms with Gasteiger partial charge in [0.2, 0.25) is 0 Å². The number of benzene rings is 3. The molecule has 0 radical (unpaired) electrons. The minimum atomic E-state index is -1.03. The number of hydrogen-bond donors (Lipinski definition) is 1. The molecule has 0 heterocycles. The van der Waals surface area contributed by atoms with Gasteiger partial charge in [-0.15, -0.1) is 6.58 Å². The van der Waals surface area contributed by atoms with Crippen molar-refractivity contribution in [2.24, 2.45) is 0 Å². The number of aromatic carboxylic acids is 1. The zero-order chi connectivity index (χ0) is 24.9. The van der Waals surface area contributed by atoms with Gasteiger partial charge in [-0.25, -0.2) is 9.59 Å². The van der Waals surface area contributed by atoms with Crippen molar-refractivity contribution in [2.45, 2.75) is 44.9 Å². The molecule has 182 valence electrons. The lowest BCUT2D eigenvalue weighted by atomic mass is 10.0. The molecule has 35 heavy (non-hydrogen) atoms. The van der Waals surface area contributed by atoms with Gasteiger partial charge in [-0.05, 0) is 78.9 Å². The van der Waals surface area contributed by atoms with E-state index in [2.05, 4.69) is 6.58 Å². The van der Waals surface area contributed by atoms with Crippen molar-refractivity contribution < 1.29 is 24.2 Å². The Bertz CT molecular complexity index is 1080. The maximum atomic E-state index is 12.4. The quantitative estimate of drug-likeness (QED) is 0.113. The second kappa shape index (κ2) is 13.8. The van der Waals surface area contributed by atoms with Crippen LogP contribution in [0, 0.1) is 0 Å². The van der Waals surface area contributed by atoms with Gasteiger partial charge < -0.3 is 14.6 Å². The third-order valence-electron chi connectivity index (χ3n) is 5.69. The zero-order valence-electron chi connectivity index (χ0n) is 19.9. The van der Waals surface area contributed by atoms with Crippen molar-refractivity contribution >= 4 is 11.9 Å². The molecule has 0 saturated heterocycles. The van der Waals surface area contributed by atoms with Gasteiger partial charge >= 0.3 is 11.9 Å². The van der Waals surface area contributed by atoms with E-state index < -0.39 is 11.9 Å². The Morgan fingerprint density at radius 1 is 0.686 bits per heavy atom. The van der Waals surface area contributed by atoms with Crippen molar-refractivity contribution in [1.82, 2.24) is 0 Å². The summed E-state index contributed by atoms with van der Waals surface area (Å²) in [5, 5.41) is 8.95. The largest absolute Gasteiger partial charge is 0.494 e. The highest BCUT2D eigenvalue weighted by Gasteiger charge is 2.10. The van der Waals surface area contributed by atoms with E-state index in [-0.39, 0.29) is 5.56 Å². The number of carboxylic acid groups (broad SMARTS) is 1. The highest BCUT2D eigenvalue weighted by Crippen LogP contribution is 2.24. The molecule has 3 rings (SSSR count).